The van der Waals surface area contributed by atoms with Crippen LogP contribution in [0.4, 0.5) is 0 Å². The summed E-state index contributed by atoms with van der Waals surface area (Å²) in [6.07, 6.45) is 5.59. The molecule has 1 heterocycles. The lowest BCUT2D eigenvalue weighted by molar-refractivity contribution is 0.174. The Kier molecular flexibility index (Phi) is 2.68. The molecular formula is C13H16ClNO2. The van der Waals surface area contributed by atoms with Gasteiger partial charge in [0.15, 0.2) is 11.5 Å². The monoisotopic (exact) mass is 253 g/mol. The summed E-state index contributed by atoms with van der Waals surface area (Å²) in [5.74, 6) is 1.48. The second-order valence-corrected chi connectivity index (χ2v) is 5.31. The lowest BCUT2D eigenvalue weighted by Gasteiger charge is -2.34. The fourth-order valence-corrected chi connectivity index (χ4v) is 3.09. The Bertz CT molecular complexity index is 441. The molecule has 3 rings (SSSR count). The van der Waals surface area contributed by atoms with Crippen LogP contribution in [0.5, 0.6) is 11.5 Å². The smallest absolute Gasteiger partial charge is 0.231 e. The van der Waals surface area contributed by atoms with Crippen LogP contribution in [0.1, 0.15) is 37.7 Å². The fourth-order valence-electron chi connectivity index (χ4n) is 2.75. The zero-order valence-corrected chi connectivity index (χ0v) is 10.4. The van der Waals surface area contributed by atoms with E-state index in [9.17, 15) is 0 Å². The Hall–Kier alpha value is -0.930. The maximum absolute atomic E-state index is 6.49. The summed E-state index contributed by atoms with van der Waals surface area (Å²) in [4.78, 5) is 0. The van der Waals surface area contributed by atoms with Crippen molar-refractivity contribution in [2.24, 2.45) is 5.73 Å². The third-order valence-corrected chi connectivity index (χ3v) is 4.06. The number of hydrogen-bond donors (Lipinski definition) is 1. The van der Waals surface area contributed by atoms with Crippen LogP contribution in [0.3, 0.4) is 0 Å². The number of fused-ring (bicyclic) bond motifs is 1. The molecule has 1 aromatic rings. The van der Waals surface area contributed by atoms with Crippen molar-refractivity contribution in [3.63, 3.8) is 0 Å². The number of benzene rings is 1. The van der Waals surface area contributed by atoms with Gasteiger partial charge >= 0.3 is 0 Å². The van der Waals surface area contributed by atoms with Crippen LogP contribution in [0.15, 0.2) is 12.1 Å². The van der Waals surface area contributed by atoms with Crippen LogP contribution in [-0.4, -0.2) is 6.79 Å². The fraction of sp³-hybridized carbons (Fsp3) is 0.538. The highest BCUT2D eigenvalue weighted by molar-refractivity contribution is 6.31. The molecule has 1 aliphatic heterocycles. The van der Waals surface area contributed by atoms with Gasteiger partial charge in [-0.05, 0) is 24.5 Å². The largest absolute Gasteiger partial charge is 0.454 e. The van der Waals surface area contributed by atoms with Crippen LogP contribution >= 0.6 is 11.6 Å². The molecule has 17 heavy (non-hydrogen) atoms. The number of rotatable bonds is 1. The summed E-state index contributed by atoms with van der Waals surface area (Å²) >= 11 is 6.32. The van der Waals surface area contributed by atoms with Crippen molar-refractivity contribution in [1.29, 1.82) is 0 Å². The highest BCUT2D eigenvalue weighted by Gasteiger charge is 2.33. The summed E-state index contributed by atoms with van der Waals surface area (Å²) in [5, 5.41) is 0.693. The van der Waals surface area contributed by atoms with Gasteiger partial charge in [-0.3, -0.25) is 0 Å². The standard InChI is InChI=1S/C13H16ClNO2/c14-10-7-12-11(16-8-17-12)6-9(10)13(15)4-2-1-3-5-13/h6-7H,1-5,8,15H2. The molecule has 2 aliphatic rings. The van der Waals surface area contributed by atoms with Crippen molar-refractivity contribution in [2.75, 3.05) is 6.79 Å². The van der Waals surface area contributed by atoms with Crippen molar-refractivity contribution >= 4 is 11.6 Å². The third-order valence-electron chi connectivity index (χ3n) is 3.74. The predicted molar refractivity (Wildman–Crippen MR) is 66.5 cm³/mol. The molecule has 4 heteroatoms. The summed E-state index contributed by atoms with van der Waals surface area (Å²) in [6.45, 7) is 0.271. The van der Waals surface area contributed by atoms with E-state index in [1.165, 1.54) is 19.3 Å². The average Bonchev–Trinajstić information content (AvgIpc) is 2.76. The molecule has 3 nitrogen and oxygen atoms in total. The number of nitrogens with two attached hydrogens (primary N) is 1. The highest BCUT2D eigenvalue weighted by atomic mass is 35.5. The zero-order chi connectivity index (χ0) is 11.9. The topological polar surface area (TPSA) is 44.5 Å². The van der Waals surface area contributed by atoms with Crippen molar-refractivity contribution < 1.29 is 9.47 Å². The van der Waals surface area contributed by atoms with Gasteiger partial charge < -0.3 is 15.2 Å². The first-order chi connectivity index (χ1) is 8.19. The van der Waals surface area contributed by atoms with E-state index in [2.05, 4.69) is 0 Å². The molecule has 1 saturated carbocycles. The number of halogens is 1. The molecule has 0 radical (unpaired) electrons. The van der Waals surface area contributed by atoms with E-state index >= 15 is 0 Å². The maximum Gasteiger partial charge on any atom is 0.231 e. The molecule has 92 valence electrons. The van der Waals surface area contributed by atoms with Gasteiger partial charge in [0, 0.05) is 16.6 Å². The molecule has 2 N–H and O–H groups in total. The van der Waals surface area contributed by atoms with Gasteiger partial charge in [-0.25, -0.2) is 0 Å². The molecule has 0 aromatic heterocycles. The lowest BCUT2D eigenvalue weighted by atomic mass is 9.77. The Morgan fingerprint density at radius 3 is 2.41 bits per heavy atom. The Morgan fingerprint density at radius 1 is 1.06 bits per heavy atom. The molecule has 0 bridgehead atoms. The lowest BCUT2D eigenvalue weighted by Crippen LogP contribution is -2.38. The van der Waals surface area contributed by atoms with Crippen LogP contribution in [-0.2, 0) is 5.54 Å². The SMILES string of the molecule is NC1(c2cc3c(cc2Cl)OCO3)CCCCC1. The minimum Gasteiger partial charge on any atom is -0.454 e. The van der Waals surface area contributed by atoms with Gasteiger partial charge in [0.1, 0.15) is 0 Å². The maximum atomic E-state index is 6.49. The van der Waals surface area contributed by atoms with Crippen LogP contribution in [0, 0.1) is 0 Å². The quantitative estimate of drug-likeness (QED) is 0.836. The Balaban J connectivity index is 2.02. The van der Waals surface area contributed by atoms with Crippen molar-refractivity contribution in [1.82, 2.24) is 0 Å². The van der Waals surface area contributed by atoms with Crippen LogP contribution in [0.2, 0.25) is 5.02 Å². The first-order valence-corrected chi connectivity index (χ1v) is 6.45. The van der Waals surface area contributed by atoms with Crippen LogP contribution < -0.4 is 15.2 Å². The van der Waals surface area contributed by atoms with E-state index in [1.54, 1.807) is 0 Å². The number of hydrogen-bond acceptors (Lipinski definition) is 3. The Labute approximate surface area is 106 Å². The first kappa shape index (κ1) is 11.2. The molecule has 0 spiro atoms. The molecular weight excluding hydrogens is 238 g/mol. The van der Waals surface area contributed by atoms with Gasteiger partial charge in [-0.1, -0.05) is 30.9 Å². The zero-order valence-electron chi connectivity index (χ0n) is 9.67. The summed E-state index contributed by atoms with van der Waals surface area (Å²) in [6, 6.07) is 3.78. The second kappa shape index (κ2) is 4.07. The average molecular weight is 254 g/mol. The van der Waals surface area contributed by atoms with Crippen LogP contribution in [0.25, 0.3) is 0 Å². The second-order valence-electron chi connectivity index (χ2n) is 4.90. The van der Waals surface area contributed by atoms with E-state index in [-0.39, 0.29) is 12.3 Å². The van der Waals surface area contributed by atoms with E-state index in [4.69, 9.17) is 26.8 Å². The molecule has 0 unspecified atom stereocenters. The predicted octanol–water partition coefficient (Wildman–Crippen LogP) is 3.19. The normalized spacial score (nSPS) is 21.5. The van der Waals surface area contributed by atoms with E-state index in [1.807, 2.05) is 12.1 Å². The minimum atomic E-state index is -0.295. The minimum absolute atomic E-state index is 0.271. The number of ether oxygens (including phenoxy) is 2. The van der Waals surface area contributed by atoms with Gasteiger partial charge in [-0.2, -0.15) is 0 Å². The van der Waals surface area contributed by atoms with Gasteiger partial charge in [0.05, 0.1) is 0 Å². The van der Waals surface area contributed by atoms with E-state index in [0.717, 1.165) is 29.9 Å². The Morgan fingerprint density at radius 2 is 1.71 bits per heavy atom. The van der Waals surface area contributed by atoms with Gasteiger partial charge in [0.2, 0.25) is 6.79 Å². The van der Waals surface area contributed by atoms with E-state index in [0.29, 0.717) is 5.02 Å². The van der Waals surface area contributed by atoms with Gasteiger partial charge in [-0.15, -0.1) is 0 Å². The van der Waals surface area contributed by atoms with E-state index < -0.39 is 0 Å². The summed E-state index contributed by atoms with van der Waals surface area (Å²) in [5.41, 5.74) is 7.20. The summed E-state index contributed by atoms with van der Waals surface area (Å²) in [7, 11) is 0. The molecule has 1 aromatic carbocycles. The molecule has 1 fully saturated rings. The highest BCUT2D eigenvalue weighted by Crippen LogP contribution is 2.44. The molecule has 0 saturated heterocycles. The van der Waals surface area contributed by atoms with Gasteiger partial charge in [0.25, 0.3) is 0 Å². The van der Waals surface area contributed by atoms with Crippen molar-refractivity contribution in [3.05, 3.63) is 22.7 Å². The first-order valence-electron chi connectivity index (χ1n) is 6.08. The van der Waals surface area contributed by atoms with Crippen molar-refractivity contribution in [2.45, 2.75) is 37.6 Å². The molecule has 0 atom stereocenters. The molecule has 0 amide bonds. The van der Waals surface area contributed by atoms with Crippen molar-refractivity contribution in [3.8, 4) is 11.5 Å². The third kappa shape index (κ3) is 1.87. The summed E-state index contributed by atoms with van der Waals surface area (Å²) < 4.78 is 10.7. The molecule has 1 aliphatic carbocycles.